The van der Waals surface area contributed by atoms with E-state index < -0.39 is 23.4 Å². The van der Waals surface area contributed by atoms with E-state index in [1.807, 2.05) is 0 Å². The molecule has 3 nitrogen and oxygen atoms in total. The van der Waals surface area contributed by atoms with Gasteiger partial charge in [0.15, 0.2) is 11.6 Å². The molecule has 0 aromatic heterocycles. The van der Waals surface area contributed by atoms with Gasteiger partial charge in [0.1, 0.15) is 5.82 Å². The van der Waals surface area contributed by atoms with Gasteiger partial charge in [-0.05, 0) is 12.1 Å². The SMILES string of the molecule is CC(=O)OCCc1c(F)ccc(F)c1O. The monoisotopic (exact) mass is 216 g/mol. The highest BCUT2D eigenvalue weighted by Crippen LogP contribution is 2.24. The number of hydrogen-bond donors (Lipinski definition) is 1. The summed E-state index contributed by atoms with van der Waals surface area (Å²) in [6, 6.07) is 1.75. The molecule has 0 aliphatic heterocycles. The number of rotatable bonds is 3. The van der Waals surface area contributed by atoms with Gasteiger partial charge in [-0.25, -0.2) is 8.78 Å². The zero-order chi connectivity index (χ0) is 11.4. The molecule has 1 aromatic rings. The van der Waals surface area contributed by atoms with Gasteiger partial charge in [-0.3, -0.25) is 4.79 Å². The first-order valence-electron chi connectivity index (χ1n) is 4.31. The van der Waals surface area contributed by atoms with Crippen LogP contribution in [0.2, 0.25) is 0 Å². The first-order chi connectivity index (χ1) is 7.02. The molecule has 82 valence electrons. The predicted molar refractivity (Wildman–Crippen MR) is 48.4 cm³/mol. The Bertz CT molecular complexity index is 377. The Hall–Kier alpha value is -1.65. The van der Waals surface area contributed by atoms with Crippen molar-refractivity contribution < 1.29 is 23.4 Å². The maximum atomic E-state index is 13.1. The third-order valence-electron chi connectivity index (χ3n) is 1.83. The number of aromatic hydroxyl groups is 1. The van der Waals surface area contributed by atoms with E-state index in [9.17, 15) is 18.7 Å². The van der Waals surface area contributed by atoms with E-state index >= 15 is 0 Å². The van der Waals surface area contributed by atoms with Gasteiger partial charge in [0.05, 0.1) is 6.61 Å². The normalized spacial score (nSPS) is 10.1. The standard InChI is InChI=1S/C10H10F2O3/c1-6(13)15-5-4-7-8(11)2-3-9(12)10(7)14/h2-3,14H,4-5H2,1H3. The average molecular weight is 216 g/mol. The minimum Gasteiger partial charge on any atom is -0.505 e. The quantitative estimate of drug-likeness (QED) is 0.783. The third-order valence-corrected chi connectivity index (χ3v) is 1.83. The van der Waals surface area contributed by atoms with Crippen LogP contribution in [0.5, 0.6) is 5.75 Å². The van der Waals surface area contributed by atoms with Crippen molar-refractivity contribution >= 4 is 5.97 Å². The Balaban J connectivity index is 2.75. The van der Waals surface area contributed by atoms with Crippen LogP contribution in [0.4, 0.5) is 8.78 Å². The van der Waals surface area contributed by atoms with E-state index in [0.717, 1.165) is 12.1 Å². The number of carbonyl (C=O) groups is 1. The number of carbonyl (C=O) groups excluding carboxylic acids is 1. The highest BCUT2D eigenvalue weighted by Gasteiger charge is 2.12. The number of esters is 1. The molecule has 0 bridgehead atoms. The summed E-state index contributed by atoms with van der Waals surface area (Å²) in [5.41, 5.74) is -0.184. The van der Waals surface area contributed by atoms with E-state index in [1.54, 1.807) is 0 Å². The van der Waals surface area contributed by atoms with E-state index in [-0.39, 0.29) is 18.6 Å². The summed E-state index contributed by atoms with van der Waals surface area (Å²) >= 11 is 0. The van der Waals surface area contributed by atoms with Gasteiger partial charge in [-0.1, -0.05) is 0 Å². The van der Waals surface area contributed by atoms with Crippen molar-refractivity contribution in [1.29, 1.82) is 0 Å². The molecule has 1 rings (SSSR count). The molecule has 0 heterocycles. The lowest BCUT2D eigenvalue weighted by molar-refractivity contribution is -0.140. The highest BCUT2D eigenvalue weighted by molar-refractivity contribution is 5.65. The second-order valence-electron chi connectivity index (χ2n) is 2.95. The molecule has 1 aromatic carbocycles. The summed E-state index contributed by atoms with van der Waals surface area (Å²) in [7, 11) is 0. The lowest BCUT2D eigenvalue weighted by atomic mass is 10.1. The van der Waals surface area contributed by atoms with E-state index in [4.69, 9.17) is 0 Å². The number of ether oxygens (including phenoxy) is 1. The number of phenolic OH excluding ortho intramolecular Hbond substituents is 1. The van der Waals surface area contributed by atoms with Crippen LogP contribution in [0.1, 0.15) is 12.5 Å². The molecule has 0 aliphatic carbocycles. The van der Waals surface area contributed by atoms with E-state index in [2.05, 4.69) is 4.74 Å². The highest BCUT2D eigenvalue weighted by atomic mass is 19.1. The Morgan fingerprint density at radius 2 is 2.00 bits per heavy atom. The van der Waals surface area contributed by atoms with Crippen molar-refractivity contribution in [1.82, 2.24) is 0 Å². The Kier molecular flexibility index (Phi) is 3.60. The maximum absolute atomic E-state index is 13.1. The zero-order valence-electron chi connectivity index (χ0n) is 8.09. The van der Waals surface area contributed by atoms with Crippen LogP contribution in [0, 0.1) is 11.6 Å². The van der Waals surface area contributed by atoms with Gasteiger partial charge in [0.25, 0.3) is 0 Å². The molecule has 0 fully saturated rings. The van der Waals surface area contributed by atoms with Gasteiger partial charge >= 0.3 is 5.97 Å². The molecule has 0 spiro atoms. The molecule has 15 heavy (non-hydrogen) atoms. The Morgan fingerprint density at radius 3 is 2.60 bits per heavy atom. The molecule has 0 saturated carbocycles. The van der Waals surface area contributed by atoms with Gasteiger partial charge in [0.2, 0.25) is 0 Å². The van der Waals surface area contributed by atoms with E-state index in [1.165, 1.54) is 6.92 Å². The van der Waals surface area contributed by atoms with Crippen LogP contribution in [0.3, 0.4) is 0 Å². The first-order valence-corrected chi connectivity index (χ1v) is 4.31. The summed E-state index contributed by atoms with van der Waals surface area (Å²) in [5, 5.41) is 9.19. The van der Waals surface area contributed by atoms with Crippen molar-refractivity contribution in [3.63, 3.8) is 0 Å². The predicted octanol–water partition coefficient (Wildman–Crippen LogP) is 1.78. The fourth-order valence-electron chi connectivity index (χ4n) is 1.12. The molecule has 0 radical (unpaired) electrons. The van der Waals surface area contributed by atoms with E-state index in [0.29, 0.717) is 0 Å². The second-order valence-corrected chi connectivity index (χ2v) is 2.95. The van der Waals surface area contributed by atoms with Crippen molar-refractivity contribution in [2.24, 2.45) is 0 Å². The second kappa shape index (κ2) is 4.72. The summed E-state index contributed by atoms with van der Waals surface area (Å²) in [6.07, 6.45) is -0.0605. The molecule has 0 saturated heterocycles. The van der Waals surface area contributed by atoms with Crippen molar-refractivity contribution in [2.75, 3.05) is 6.61 Å². The number of halogens is 2. The van der Waals surface area contributed by atoms with Crippen LogP contribution >= 0.6 is 0 Å². The van der Waals surface area contributed by atoms with Gasteiger partial charge in [-0.15, -0.1) is 0 Å². The number of phenols is 1. The largest absolute Gasteiger partial charge is 0.505 e. The van der Waals surface area contributed by atoms with Crippen LogP contribution < -0.4 is 0 Å². The smallest absolute Gasteiger partial charge is 0.302 e. The number of benzene rings is 1. The van der Waals surface area contributed by atoms with Crippen LogP contribution in [0.15, 0.2) is 12.1 Å². The first kappa shape index (κ1) is 11.4. The fraction of sp³-hybridized carbons (Fsp3) is 0.300. The topological polar surface area (TPSA) is 46.5 Å². The number of hydrogen-bond acceptors (Lipinski definition) is 3. The molecule has 0 atom stereocenters. The molecular formula is C10H10F2O3. The Morgan fingerprint density at radius 1 is 1.40 bits per heavy atom. The van der Waals surface area contributed by atoms with Crippen LogP contribution in [-0.2, 0) is 16.0 Å². The third kappa shape index (κ3) is 2.90. The van der Waals surface area contributed by atoms with Gasteiger partial charge in [-0.2, -0.15) is 0 Å². The Labute approximate surface area is 85.3 Å². The van der Waals surface area contributed by atoms with Crippen molar-refractivity contribution in [3.8, 4) is 5.75 Å². The molecule has 0 unspecified atom stereocenters. The van der Waals surface area contributed by atoms with Gasteiger partial charge < -0.3 is 9.84 Å². The lowest BCUT2D eigenvalue weighted by Crippen LogP contribution is -2.05. The van der Waals surface area contributed by atoms with Crippen molar-refractivity contribution in [3.05, 3.63) is 29.3 Å². The molecule has 0 amide bonds. The summed E-state index contributed by atoms with van der Waals surface area (Å²) in [6.45, 7) is 1.12. The summed E-state index contributed by atoms with van der Waals surface area (Å²) in [5.74, 6) is -2.86. The molecule has 5 heteroatoms. The summed E-state index contributed by atoms with van der Waals surface area (Å²) < 4.78 is 30.5. The zero-order valence-corrected chi connectivity index (χ0v) is 8.09. The van der Waals surface area contributed by atoms with Crippen molar-refractivity contribution in [2.45, 2.75) is 13.3 Å². The summed E-state index contributed by atoms with van der Waals surface area (Å²) in [4.78, 5) is 10.4. The van der Waals surface area contributed by atoms with Crippen LogP contribution in [0.25, 0.3) is 0 Å². The fourth-order valence-corrected chi connectivity index (χ4v) is 1.12. The maximum Gasteiger partial charge on any atom is 0.302 e. The minimum atomic E-state index is -0.894. The lowest BCUT2D eigenvalue weighted by Gasteiger charge is -2.06. The minimum absolute atomic E-state index is 0.0605. The molecule has 0 aliphatic rings. The van der Waals surface area contributed by atoms with Gasteiger partial charge in [0, 0.05) is 18.9 Å². The molecular weight excluding hydrogens is 206 g/mol. The molecule has 1 N–H and O–H groups in total. The average Bonchev–Trinajstić information content (AvgIpc) is 2.17. The van der Waals surface area contributed by atoms with Crippen LogP contribution in [-0.4, -0.2) is 17.7 Å².